The van der Waals surface area contributed by atoms with Gasteiger partial charge in [-0.3, -0.25) is 4.79 Å². The predicted molar refractivity (Wildman–Crippen MR) is 67.4 cm³/mol. The molecule has 0 unspecified atom stereocenters. The lowest BCUT2D eigenvalue weighted by atomic mass is 9.98. The second-order valence-electron chi connectivity index (χ2n) is 5.76. The third-order valence-corrected chi connectivity index (χ3v) is 2.95. The van der Waals surface area contributed by atoms with Crippen LogP contribution in [0.5, 0.6) is 0 Å². The van der Waals surface area contributed by atoms with Gasteiger partial charge in [0.15, 0.2) is 0 Å². The van der Waals surface area contributed by atoms with Crippen LogP contribution in [0.15, 0.2) is 0 Å². The van der Waals surface area contributed by atoms with Gasteiger partial charge in [0.1, 0.15) is 5.60 Å². The zero-order valence-corrected chi connectivity index (χ0v) is 11.4. The van der Waals surface area contributed by atoms with Crippen LogP contribution in [0.4, 0.5) is 4.79 Å². The third-order valence-electron chi connectivity index (χ3n) is 2.95. The Morgan fingerprint density at radius 2 is 2.00 bits per heavy atom. The highest BCUT2D eigenvalue weighted by Gasteiger charge is 2.30. The summed E-state index contributed by atoms with van der Waals surface area (Å²) in [5.74, 6) is -0.815. The largest absolute Gasteiger partial charge is 0.481 e. The van der Waals surface area contributed by atoms with E-state index >= 15 is 0 Å². The molecule has 0 aromatic heterocycles. The molecule has 5 heteroatoms. The van der Waals surface area contributed by atoms with E-state index in [0.29, 0.717) is 13.0 Å². The van der Waals surface area contributed by atoms with Gasteiger partial charge in [0.05, 0.1) is 0 Å². The van der Waals surface area contributed by atoms with Crippen LogP contribution in [-0.4, -0.2) is 40.3 Å². The van der Waals surface area contributed by atoms with E-state index in [-0.39, 0.29) is 18.6 Å². The highest BCUT2D eigenvalue weighted by Crippen LogP contribution is 2.23. The lowest BCUT2D eigenvalue weighted by Gasteiger charge is -2.36. The smallest absolute Gasteiger partial charge is 0.410 e. The van der Waals surface area contributed by atoms with E-state index < -0.39 is 11.6 Å². The lowest BCUT2D eigenvalue weighted by Crippen LogP contribution is -2.46. The molecule has 0 bridgehead atoms. The maximum absolute atomic E-state index is 12.0. The molecule has 0 aromatic carbocycles. The normalized spacial score (nSPS) is 20.6. The van der Waals surface area contributed by atoms with Crippen molar-refractivity contribution in [2.75, 3.05) is 6.54 Å². The number of carbonyl (C=O) groups is 2. The summed E-state index contributed by atoms with van der Waals surface area (Å²) in [6.07, 6.45) is 3.16. The first-order valence-electron chi connectivity index (χ1n) is 6.51. The highest BCUT2D eigenvalue weighted by atomic mass is 16.6. The standard InChI is InChI=1S/C13H23NO4/c1-13(2,3)18-12(17)14-9-5-4-6-10(14)7-8-11(15)16/h10H,4-9H2,1-3H3,(H,15,16)/t10-/m0/s1. The molecule has 1 aliphatic heterocycles. The summed E-state index contributed by atoms with van der Waals surface area (Å²) in [6.45, 7) is 6.17. The molecule has 0 radical (unpaired) electrons. The average molecular weight is 257 g/mol. The number of nitrogens with zero attached hydrogens (tertiary/aromatic N) is 1. The van der Waals surface area contributed by atoms with E-state index in [0.717, 1.165) is 19.3 Å². The number of amides is 1. The van der Waals surface area contributed by atoms with Crippen molar-refractivity contribution in [3.05, 3.63) is 0 Å². The molecule has 0 saturated carbocycles. The Bertz CT molecular complexity index is 309. The van der Waals surface area contributed by atoms with Crippen molar-refractivity contribution in [1.29, 1.82) is 0 Å². The molecule has 1 N–H and O–H groups in total. The van der Waals surface area contributed by atoms with Crippen LogP contribution in [0, 0.1) is 0 Å². The minimum absolute atomic E-state index is 0.00435. The molecule has 0 spiro atoms. The summed E-state index contributed by atoms with van der Waals surface area (Å²) in [4.78, 5) is 24.3. The molecule has 0 aromatic rings. The number of hydrogen-bond donors (Lipinski definition) is 1. The van der Waals surface area contributed by atoms with E-state index in [4.69, 9.17) is 9.84 Å². The van der Waals surface area contributed by atoms with Crippen molar-refractivity contribution in [3.63, 3.8) is 0 Å². The van der Waals surface area contributed by atoms with Gasteiger partial charge < -0.3 is 14.7 Å². The Morgan fingerprint density at radius 3 is 2.56 bits per heavy atom. The van der Waals surface area contributed by atoms with Gasteiger partial charge in [-0.1, -0.05) is 0 Å². The fraction of sp³-hybridized carbons (Fsp3) is 0.846. The van der Waals surface area contributed by atoms with Crippen molar-refractivity contribution in [2.45, 2.75) is 64.5 Å². The van der Waals surface area contributed by atoms with E-state index in [9.17, 15) is 9.59 Å². The summed E-state index contributed by atoms with van der Waals surface area (Å²) >= 11 is 0. The number of rotatable bonds is 3. The molecule has 1 amide bonds. The van der Waals surface area contributed by atoms with Crippen LogP contribution < -0.4 is 0 Å². The minimum Gasteiger partial charge on any atom is -0.481 e. The number of likely N-dealkylation sites (tertiary alicyclic amines) is 1. The quantitative estimate of drug-likeness (QED) is 0.844. The van der Waals surface area contributed by atoms with Gasteiger partial charge in [-0.25, -0.2) is 4.79 Å². The van der Waals surface area contributed by atoms with E-state index in [1.165, 1.54) is 0 Å². The second kappa shape index (κ2) is 6.07. The van der Waals surface area contributed by atoms with Crippen LogP contribution in [0.25, 0.3) is 0 Å². The molecule has 18 heavy (non-hydrogen) atoms. The average Bonchev–Trinajstić information content (AvgIpc) is 2.24. The van der Waals surface area contributed by atoms with Gasteiger partial charge in [-0.2, -0.15) is 0 Å². The van der Waals surface area contributed by atoms with Crippen LogP contribution >= 0.6 is 0 Å². The summed E-state index contributed by atoms with van der Waals surface area (Å²) in [5, 5.41) is 8.72. The Labute approximate surface area is 108 Å². The number of piperidine rings is 1. The van der Waals surface area contributed by atoms with Crippen molar-refractivity contribution in [3.8, 4) is 0 Å². The summed E-state index contributed by atoms with van der Waals surface area (Å²) in [6, 6.07) is 0.00435. The summed E-state index contributed by atoms with van der Waals surface area (Å²) in [7, 11) is 0. The Kier molecular flexibility index (Phi) is 4.99. The van der Waals surface area contributed by atoms with Gasteiger partial charge in [-0.15, -0.1) is 0 Å². The van der Waals surface area contributed by atoms with Crippen molar-refractivity contribution >= 4 is 12.1 Å². The highest BCUT2D eigenvalue weighted by molar-refractivity contribution is 5.69. The SMILES string of the molecule is CC(C)(C)OC(=O)N1CCCC[C@H]1CCC(=O)O. The molecular formula is C13H23NO4. The molecule has 1 saturated heterocycles. The molecule has 1 fully saturated rings. The van der Waals surface area contributed by atoms with Crippen LogP contribution in [0.1, 0.15) is 52.9 Å². The molecule has 1 aliphatic rings. The topological polar surface area (TPSA) is 66.8 Å². The number of aliphatic carboxylic acids is 1. The summed E-state index contributed by atoms with van der Waals surface area (Å²) < 4.78 is 5.35. The first-order valence-corrected chi connectivity index (χ1v) is 6.51. The molecular weight excluding hydrogens is 234 g/mol. The first-order chi connectivity index (χ1) is 8.29. The zero-order chi connectivity index (χ0) is 13.8. The van der Waals surface area contributed by atoms with Gasteiger partial charge in [0, 0.05) is 19.0 Å². The zero-order valence-electron chi connectivity index (χ0n) is 11.4. The Hall–Kier alpha value is -1.26. The van der Waals surface area contributed by atoms with Crippen molar-refractivity contribution in [1.82, 2.24) is 4.90 Å². The number of hydrogen-bond acceptors (Lipinski definition) is 3. The fourth-order valence-electron chi connectivity index (χ4n) is 2.15. The predicted octanol–water partition coefficient (Wildman–Crippen LogP) is 2.64. The number of carboxylic acids is 1. The lowest BCUT2D eigenvalue weighted by molar-refractivity contribution is -0.137. The van der Waals surface area contributed by atoms with E-state index in [1.54, 1.807) is 4.90 Å². The van der Waals surface area contributed by atoms with Crippen LogP contribution in [-0.2, 0) is 9.53 Å². The Morgan fingerprint density at radius 1 is 1.33 bits per heavy atom. The Balaban J connectivity index is 2.58. The van der Waals surface area contributed by atoms with Crippen LogP contribution in [0.3, 0.4) is 0 Å². The number of ether oxygens (including phenoxy) is 1. The molecule has 5 nitrogen and oxygen atoms in total. The number of carboxylic acid groups (broad SMARTS) is 1. The molecule has 1 heterocycles. The molecule has 1 atom stereocenters. The monoisotopic (exact) mass is 257 g/mol. The van der Waals surface area contributed by atoms with E-state index in [1.807, 2.05) is 20.8 Å². The molecule has 1 rings (SSSR count). The maximum Gasteiger partial charge on any atom is 0.410 e. The minimum atomic E-state index is -0.815. The summed E-state index contributed by atoms with van der Waals surface area (Å²) in [5.41, 5.74) is -0.508. The first kappa shape index (κ1) is 14.8. The van der Waals surface area contributed by atoms with Crippen molar-refractivity contribution in [2.24, 2.45) is 0 Å². The fourth-order valence-corrected chi connectivity index (χ4v) is 2.15. The molecule has 0 aliphatic carbocycles. The van der Waals surface area contributed by atoms with Gasteiger partial charge in [0.2, 0.25) is 0 Å². The van der Waals surface area contributed by atoms with Crippen molar-refractivity contribution < 1.29 is 19.4 Å². The van der Waals surface area contributed by atoms with Gasteiger partial charge >= 0.3 is 12.1 Å². The van der Waals surface area contributed by atoms with E-state index in [2.05, 4.69) is 0 Å². The third kappa shape index (κ3) is 4.94. The number of carbonyl (C=O) groups excluding carboxylic acids is 1. The molecule has 104 valence electrons. The van der Waals surface area contributed by atoms with Gasteiger partial charge in [-0.05, 0) is 46.5 Å². The van der Waals surface area contributed by atoms with Crippen LogP contribution in [0.2, 0.25) is 0 Å². The second-order valence-corrected chi connectivity index (χ2v) is 5.76. The maximum atomic E-state index is 12.0. The van der Waals surface area contributed by atoms with Gasteiger partial charge in [0.25, 0.3) is 0 Å².